The van der Waals surface area contributed by atoms with E-state index in [4.69, 9.17) is 9.47 Å². The summed E-state index contributed by atoms with van der Waals surface area (Å²) in [6, 6.07) is 24.1. The molecule has 0 aliphatic rings. The molecule has 0 saturated heterocycles. The third-order valence-corrected chi connectivity index (χ3v) is 6.23. The second-order valence-corrected chi connectivity index (χ2v) is 9.25. The van der Waals surface area contributed by atoms with E-state index < -0.39 is 5.56 Å². The van der Waals surface area contributed by atoms with Crippen LogP contribution in [-0.4, -0.2) is 42.4 Å². The number of rotatable bonds is 11. The fourth-order valence-corrected chi connectivity index (χ4v) is 4.31. The van der Waals surface area contributed by atoms with E-state index in [2.05, 4.69) is 41.7 Å². The Hall–Kier alpha value is -4.95. The fourth-order valence-electron chi connectivity index (χ4n) is 3.74. The second-order valence-electron chi connectivity index (χ2n) is 8.39. The number of nitrogens with zero attached hydrogens (tertiary/aromatic N) is 3. The van der Waals surface area contributed by atoms with Gasteiger partial charge in [0.2, 0.25) is 5.95 Å². The molecule has 0 unspecified atom stereocenters. The van der Waals surface area contributed by atoms with Crippen LogP contribution >= 0.6 is 15.9 Å². The van der Waals surface area contributed by atoms with Gasteiger partial charge in [0.05, 0.1) is 23.5 Å². The number of H-pyrrole nitrogens is 1. The lowest BCUT2D eigenvalue weighted by atomic mass is 10.1. The van der Waals surface area contributed by atoms with Crippen LogP contribution in [-0.2, 0) is 11.2 Å². The van der Waals surface area contributed by atoms with E-state index in [9.17, 15) is 14.9 Å². The minimum Gasteiger partial charge on any atom is -0.493 e. The summed E-state index contributed by atoms with van der Waals surface area (Å²) in [6.07, 6.45) is 2.22. The van der Waals surface area contributed by atoms with Crippen LogP contribution in [0.3, 0.4) is 0 Å². The van der Waals surface area contributed by atoms with E-state index in [0.29, 0.717) is 33.6 Å². The molecular weight excluding hydrogens is 576 g/mol. The third kappa shape index (κ3) is 7.33. The summed E-state index contributed by atoms with van der Waals surface area (Å²) >= 11 is 3.46. The first-order valence-corrected chi connectivity index (χ1v) is 13.0. The van der Waals surface area contributed by atoms with Gasteiger partial charge < -0.3 is 14.8 Å². The number of aromatic amines is 1. The number of amides is 1. The lowest BCUT2D eigenvalue weighted by Gasteiger charge is -2.13. The lowest BCUT2D eigenvalue weighted by molar-refractivity contribution is -0.123. The van der Waals surface area contributed by atoms with Crippen molar-refractivity contribution in [2.75, 3.05) is 25.7 Å². The normalized spacial score (nSPS) is 10.6. The number of nitrogens with one attached hydrogen (secondary N) is 3. The van der Waals surface area contributed by atoms with Crippen molar-refractivity contribution >= 4 is 34.0 Å². The first kappa shape index (κ1) is 28.1. The molecule has 0 radical (unpaired) electrons. The molecule has 0 saturated carbocycles. The Balaban J connectivity index is 1.40. The summed E-state index contributed by atoms with van der Waals surface area (Å²) in [4.78, 5) is 31.6. The van der Waals surface area contributed by atoms with Gasteiger partial charge in [-0.1, -0.05) is 60.7 Å². The van der Waals surface area contributed by atoms with Crippen LogP contribution in [0.4, 0.5) is 5.95 Å². The Kier molecular flexibility index (Phi) is 9.63. The lowest BCUT2D eigenvalue weighted by Crippen LogP contribution is -2.30. The number of benzene rings is 3. The number of hydrazone groups is 1. The van der Waals surface area contributed by atoms with Gasteiger partial charge in [-0.2, -0.15) is 10.4 Å². The molecule has 0 atom stereocenters. The molecule has 0 aliphatic carbocycles. The van der Waals surface area contributed by atoms with Crippen molar-refractivity contribution in [3.05, 3.63) is 104 Å². The molecule has 1 heterocycles. The molecule has 4 rings (SSSR count). The predicted molar refractivity (Wildman–Crippen MR) is 156 cm³/mol. The highest BCUT2D eigenvalue weighted by Gasteiger charge is 2.14. The molecule has 11 heteroatoms. The first-order chi connectivity index (χ1) is 19.5. The van der Waals surface area contributed by atoms with Gasteiger partial charge in [-0.3, -0.25) is 14.6 Å². The number of anilines is 1. The molecule has 40 heavy (non-hydrogen) atoms. The minimum atomic E-state index is -0.580. The van der Waals surface area contributed by atoms with Crippen LogP contribution in [0.15, 0.2) is 87.2 Å². The standard InChI is InChI=1S/C29H25BrN6O4/c1-39-24-15-20(14-23(30)27(24)40-18-25(37)32-13-12-19-8-4-2-5-9-19)17-33-36-29-34-26(21-10-6-3-7-11-21)22(16-31)28(38)35-29/h2-11,14-15,17H,12-13,18H2,1H3,(H,32,37)(H2,34,35,36,38). The molecule has 0 fully saturated rings. The zero-order valence-electron chi connectivity index (χ0n) is 21.5. The number of carbonyl (C=O) groups excluding carboxylic acids is 1. The van der Waals surface area contributed by atoms with E-state index in [1.54, 1.807) is 36.4 Å². The van der Waals surface area contributed by atoms with Gasteiger partial charge in [-0.05, 0) is 45.6 Å². The second kappa shape index (κ2) is 13.7. The van der Waals surface area contributed by atoms with Crippen LogP contribution < -0.4 is 25.8 Å². The maximum Gasteiger partial charge on any atom is 0.270 e. The zero-order chi connectivity index (χ0) is 28.3. The number of nitriles is 1. The maximum atomic E-state index is 12.4. The van der Waals surface area contributed by atoms with E-state index in [1.807, 2.05) is 42.5 Å². The number of hydrogen-bond acceptors (Lipinski definition) is 8. The highest BCUT2D eigenvalue weighted by Crippen LogP contribution is 2.36. The SMILES string of the molecule is COc1cc(C=NNc2nc(-c3ccccc3)c(C#N)c(=O)[nH]2)cc(Br)c1OCC(=O)NCCc1ccccc1. The quantitative estimate of drug-likeness (QED) is 0.172. The number of carbonyl (C=O) groups is 1. The minimum absolute atomic E-state index is 0.0726. The average molecular weight is 601 g/mol. The van der Waals surface area contributed by atoms with Gasteiger partial charge in [0.15, 0.2) is 18.1 Å². The molecule has 202 valence electrons. The topological polar surface area (TPSA) is 141 Å². The highest BCUT2D eigenvalue weighted by molar-refractivity contribution is 9.10. The summed E-state index contributed by atoms with van der Waals surface area (Å²) in [7, 11) is 1.49. The molecule has 4 aromatic rings. The van der Waals surface area contributed by atoms with Gasteiger partial charge >= 0.3 is 0 Å². The van der Waals surface area contributed by atoms with Gasteiger partial charge in [0, 0.05) is 12.1 Å². The molecule has 1 amide bonds. The first-order valence-electron chi connectivity index (χ1n) is 12.2. The fraction of sp³-hybridized carbons (Fsp3) is 0.138. The van der Waals surface area contributed by atoms with Gasteiger partial charge in [-0.25, -0.2) is 10.4 Å². The molecule has 0 aliphatic heterocycles. The van der Waals surface area contributed by atoms with Crippen LogP contribution in [0.1, 0.15) is 16.7 Å². The van der Waals surface area contributed by atoms with E-state index in [1.165, 1.54) is 13.3 Å². The Labute approximate surface area is 238 Å². The van der Waals surface area contributed by atoms with Crippen molar-refractivity contribution in [1.82, 2.24) is 15.3 Å². The summed E-state index contributed by atoms with van der Waals surface area (Å²) in [5.74, 6) is 0.586. The molecule has 1 aromatic heterocycles. The van der Waals surface area contributed by atoms with Crippen molar-refractivity contribution in [3.8, 4) is 28.8 Å². The Morgan fingerprint density at radius 1 is 1.15 bits per heavy atom. The van der Waals surface area contributed by atoms with Crippen LogP contribution in [0.25, 0.3) is 11.3 Å². The summed E-state index contributed by atoms with van der Waals surface area (Å²) in [5.41, 5.74) is 4.68. The molecule has 0 bridgehead atoms. The molecule has 3 N–H and O–H groups in total. The van der Waals surface area contributed by atoms with Crippen LogP contribution in [0.5, 0.6) is 11.5 Å². The van der Waals surface area contributed by atoms with Gasteiger partial charge in [0.25, 0.3) is 11.5 Å². The highest BCUT2D eigenvalue weighted by atomic mass is 79.9. The van der Waals surface area contributed by atoms with Crippen molar-refractivity contribution in [2.24, 2.45) is 5.10 Å². The van der Waals surface area contributed by atoms with Crippen LogP contribution in [0.2, 0.25) is 0 Å². The molecule has 10 nitrogen and oxygen atoms in total. The van der Waals surface area contributed by atoms with Crippen molar-refractivity contribution in [2.45, 2.75) is 6.42 Å². The maximum absolute atomic E-state index is 12.4. The Morgan fingerprint density at radius 3 is 2.58 bits per heavy atom. The molecule has 3 aromatic carbocycles. The summed E-state index contributed by atoms with van der Waals surface area (Å²) < 4.78 is 11.7. The van der Waals surface area contributed by atoms with Gasteiger partial charge in [-0.15, -0.1) is 0 Å². The Morgan fingerprint density at radius 2 is 1.88 bits per heavy atom. The summed E-state index contributed by atoms with van der Waals surface area (Å²) in [6.45, 7) is 0.319. The van der Waals surface area contributed by atoms with E-state index in [-0.39, 0.29) is 29.7 Å². The predicted octanol–water partition coefficient (Wildman–Crippen LogP) is 4.26. The largest absolute Gasteiger partial charge is 0.493 e. The Bertz CT molecular complexity index is 1600. The van der Waals surface area contributed by atoms with E-state index in [0.717, 1.165) is 12.0 Å². The van der Waals surface area contributed by atoms with E-state index >= 15 is 0 Å². The van der Waals surface area contributed by atoms with Crippen molar-refractivity contribution < 1.29 is 14.3 Å². The zero-order valence-corrected chi connectivity index (χ0v) is 23.1. The number of methoxy groups -OCH3 is 1. The number of aromatic nitrogens is 2. The smallest absolute Gasteiger partial charge is 0.270 e. The molecular formula is C29H25BrN6O4. The van der Waals surface area contributed by atoms with Crippen LogP contribution in [0, 0.1) is 11.3 Å². The van der Waals surface area contributed by atoms with Crippen molar-refractivity contribution in [3.63, 3.8) is 0 Å². The molecule has 0 spiro atoms. The number of ether oxygens (including phenoxy) is 2. The number of halogens is 1. The number of hydrogen-bond donors (Lipinski definition) is 3. The monoisotopic (exact) mass is 600 g/mol. The van der Waals surface area contributed by atoms with Gasteiger partial charge in [0.1, 0.15) is 11.6 Å². The third-order valence-electron chi connectivity index (χ3n) is 5.64. The average Bonchev–Trinajstić information content (AvgIpc) is 2.97. The summed E-state index contributed by atoms with van der Waals surface area (Å²) in [5, 5.41) is 16.4. The van der Waals surface area contributed by atoms with Crippen molar-refractivity contribution in [1.29, 1.82) is 5.26 Å².